The Kier molecular flexibility index (Phi) is 7.45. The van der Waals surface area contributed by atoms with E-state index in [1.54, 1.807) is 0 Å². The molecule has 186 valence electrons. The second-order valence-corrected chi connectivity index (χ2v) is 8.67. The highest BCUT2D eigenvalue weighted by Crippen LogP contribution is 2.41. The van der Waals surface area contributed by atoms with Gasteiger partial charge in [0.1, 0.15) is 5.75 Å². The van der Waals surface area contributed by atoms with Gasteiger partial charge in [-0.2, -0.15) is 13.2 Å². The van der Waals surface area contributed by atoms with Crippen LogP contribution in [0, 0.1) is 5.92 Å². The number of hydrogen-bond donors (Lipinski definition) is 2. The number of fused-ring (bicyclic) bond motifs is 1. The van der Waals surface area contributed by atoms with Crippen molar-refractivity contribution in [3.8, 4) is 5.75 Å². The SMILES string of the molecule is CCN1CCC(COc2cc3c(Nc4ccccc4)c(C(=O)NC)cnc3cc2C(F)(F)F)CC1. The molecule has 6 nitrogen and oxygen atoms in total. The Balaban J connectivity index is 1.75. The molecule has 9 heteroatoms. The fourth-order valence-corrected chi connectivity index (χ4v) is 4.34. The summed E-state index contributed by atoms with van der Waals surface area (Å²) in [4.78, 5) is 19.1. The first kappa shape index (κ1) is 24.8. The number of rotatable bonds is 7. The smallest absolute Gasteiger partial charge is 0.420 e. The van der Waals surface area contributed by atoms with E-state index in [2.05, 4.69) is 27.4 Å². The monoisotopic (exact) mass is 486 g/mol. The predicted octanol–water partition coefficient (Wildman–Crippen LogP) is 5.47. The molecule has 2 N–H and O–H groups in total. The summed E-state index contributed by atoms with van der Waals surface area (Å²) in [6.07, 6.45) is -1.56. The Morgan fingerprint density at radius 1 is 1.17 bits per heavy atom. The zero-order valence-corrected chi connectivity index (χ0v) is 19.8. The van der Waals surface area contributed by atoms with E-state index >= 15 is 0 Å². The van der Waals surface area contributed by atoms with Crippen molar-refractivity contribution < 1.29 is 22.7 Å². The van der Waals surface area contributed by atoms with Crippen LogP contribution >= 0.6 is 0 Å². The quantitative estimate of drug-likeness (QED) is 0.464. The minimum absolute atomic E-state index is 0.118. The van der Waals surface area contributed by atoms with Crippen molar-refractivity contribution in [3.05, 3.63) is 59.8 Å². The number of para-hydroxylation sites is 1. The lowest BCUT2D eigenvalue weighted by atomic mass is 9.98. The van der Waals surface area contributed by atoms with Crippen LogP contribution in [0.15, 0.2) is 48.7 Å². The van der Waals surface area contributed by atoms with E-state index in [9.17, 15) is 18.0 Å². The van der Waals surface area contributed by atoms with Gasteiger partial charge in [0.25, 0.3) is 5.91 Å². The highest BCUT2D eigenvalue weighted by atomic mass is 19.4. The largest absolute Gasteiger partial charge is 0.493 e. The standard InChI is InChI=1S/C26H29F3N4O2/c1-3-33-11-9-17(10-12-33)16-35-23-13-19-22(14-21(23)26(27,28)29)31-15-20(25(34)30-2)24(19)32-18-7-5-4-6-8-18/h4-8,13-15,17H,3,9-12,16H2,1-2H3,(H,30,34)(H,31,32). The van der Waals surface area contributed by atoms with Crippen molar-refractivity contribution >= 4 is 28.2 Å². The first-order valence-electron chi connectivity index (χ1n) is 11.7. The van der Waals surface area contributed by atoms with Crippen LogP contribution in [0.2, 0.25) is 0 Å². The number of pyridine rings is 1. The number of halogens is 3. The van der Waals surface area contributed by atoms with Gasteiger partial charge in [0.05, 0.1) is 28.9 Å². The fourth-order valence-electron chi connectivity index (χ4n) is 4.34. The van der Waals surface area contributed by atoms with Gasteiger partial charge in [0.2, 0.25) is 0 Å². The van der Waals surface area contributed by atoms with Crippen LogP contribution in [-0.2, 0) is 6.18 Å². The van der Waals surface area contributed by atoms with E-state index in [0.717, 1.165) is 38.5 Å². The molecular formula is C26H29F3N4O2. The second-order valence-electron chi connectivity index (χ2n) is 8.67. The lowest BCUT2D eigenvalue weighted by Crippen LogP contribution is -2.35. The molecule has 0 radical (unpaired) electrons. The summed E-state index contributed by atoms with van der Waals surface area (Å²) >= 11 is 0. The molecule has 1 fully saturated rings. The van der Waals surface area contributed by atoms with Crippen molar-refractivity contribution in [2.75, 3.05) is 38.6 Å². The molecule has 2 heterocycles. The van der Waals surface area contributed by atoms with Gasteiger partial charge in [-0.25, -0.2) is 0 Å². The molecule has 35 heavy (non-hydrogen) atoms. The van der Waals surface area contributed by atoms with E-state index in [4.69, 9.17) is 4.74 Å². The number of ether oxygens (including phenoxy) is 1. The number of carbonyl (C=O) groups excluding carboxylic acids is 1. The van der Waals surface area contributed by atoms with Gasteiger partial charge in [-0.05, 0) is 62.7 Å². The molecule has 0 atom stereocenters. The highest BCUT2D eigenvalue weighted by Gasteiger charge is 2.36. The van der Waals surface area contributed by atoms with Gasteiger partial charge in [0, 0.05) is 24.3 Å². The summed E-state index contributed by atoms with van der Waals surface area (Å²) < 4.78 is 47.7. The summed E-state index contributed by atoms with van der Waals surface area (Å²) in [7, 11) is 1.49. The molecule has 0 spiro atoms. The molecule has 0 aliphatic carbocycles. The number of amides is 1. The van der Waals surface area contributed by atoms with Crippen LogP contribution < -0.4 is 15.4 Å². The van der Waals surface area contributed by atoms with Crippen molar-refractivity contribution in [2.45, 2.75) is 25.9 Å². The number of piperidine rings is 1. The van der Waals surface area contributed by atoms with Crippen LogP contribution in [0.3, 0.4) is 0 Å². The van der Waals surface area contributed by atoms with Crippen LogP contribution in [0.25, 0.3) is 10.9 Å². The van der Waals surface area contributed by atoms with E-state index in [1.807, 2.05) is 30.3 Å². The number of alkyl halides is 3. The number of benzene rings is 2. The van der Waals surface area contributed by atoms with Gasteiger partial charge in [-0.1, -0.05) is 25.1 Å². The van der Waals surface area contributed by atoms with Gasteiger partial charge in [0.15, 0.2) is 0 Å². The van der Waals surface area contributed by atoms with Crippen LogP contribution in [-0.4, -0.2) is 49.1 Å². The Labute approximate surface area is 202 Å². The summed E-state index contributed by atoms with van der Waals surface area (Å²) in [6.45, 7) is 5.10. The van der Waals surface area contributed by atoms with E-state index in [0.29, 0.717) is 16.8 Å². The Morgan fingerprint density at radius 3 is 2.51 bits per heavy atom. The topological polar surface area (TPSA) is 66.5 Å². The molecule has 1 aliphatic rings. The molecule has 0 bridgehead atoms. The van der Waals surface area contributed by atoms with Crippen molar-refractivity contribution in [1.82, 2.24) is 15.2 Å². The molecule has 0 saturated carbocycles. The Bertz CT molecular complexity index is 1180. The minimum atomic E-state index is -4.61. The van der Waals surface area contributed by atoms with Gasteiger partial charge >= 0.3 is 6.18 Å². The van der Waals surface area contributed by atoms with Crippen molar-refractivity contribution in [2.24, 2.45) is 5.92 Å². The number of nitrogens with zero attached hydrogens (tertiary/aromatic N) is 2. The van der Waals surface area contributed by atoms with Crippen molar-refractivity contribution in [3.63, 3.8) is 0 Å². The molecule has 1 amide bonds. The van der Waals surface area contributed by atoms with E-state index in [1.165, 1.54) is 19.3 Å². The molecule has 0 unspecified atom stereocenters. The van der Waals surface area contributed by atoms with Gasteiger partial charge in [-0.3, -0.25) is 9.78 Å². The fraction of sp³-hybridized carbons (Fsp3) is 0.385. The number of aromatic nitrogens is 1. The third-order valence-corrected chi connectivity index (χ3v) is 6.42. The molecule has 4 rings (SSSR count). The number of hydrogen-bond acceptors (Lipinski definition) is 5. The average Bonchev–Trinajstić information content (AvgIpc) is 2.87. The van der Waals surface area contributed by atoms with E-state index < -0.39 is 17.6 Å². The van der Waals surface area contributed by atoms with Gasteiger partial charge in [-0.15, -0.1) is 0 Å². The van der Waals surface area contributed by atoms with Crippen LogP contribution in [0.4, 0.5) is 24.5 Å². The number of carbonyl (C=O) groups is 1. The Morgan fingerprint density at radius 2 is 1.89 bits per heavy atom. The third kappa shape index (κ3) is 5.67. The second kappa shape index (κ2) is 10.5. The minimum Gasteiger partial charge on any atom is -0.493 e. The molecule has 3 aromatic rings. The van der Waals surface area contributed by atoms with Crippen LogP contribution in [0.5, 0.6) is 5.75 Å². The highest BCUT2D eigenvalue weighted by molar-refractivity contribution is 6.08. The number of likely N-dealkylation sites (tertiary alicyclic amines) is 1. The predicted molar refractivity (Wildman–Crippen MR) is 130 cm³/mol. The maximum absolute atomic E-state index is 14.0. The molecule has 1 aromatic heterocycles. The lowest BCUT2D eigenvalue weighted by molar-refractivity contribution is -0.139. The maximum atomic E-state index is 14.0. The third-order valence-electron chi connectivity index (χ3n) is 6.42. The summed E-state index contributed by atoms with van der Waals surface area (Å²) in [5.41, 5.74) is 0.529. The molecule has 2 aromatic carbocycles. The first-order valence-corrected chi connectivity index (χ1v) is 11.7. The summed E-state index contributed by atoms with van der Waals surface area (Å²) in [6, 6.07) is 11.5. The normalized spacial score (nSPS) is 15.2. The zero-order valence-electron chi connectivity index (χ0n) is 19.8. The molecular weight excluding hydrogens is 457 g/mol. The average molecular weight is 487 g/mol. The first-order chi connectivity index (χ1) is 16.8. The number of nitrogens with one attached hydrogen (secondary N) is 2. The summed E-state index contributed by atoms with van der Waals surface area (Å²) in [5.74, 6) is -0.468. The Hall–Kier alpha value is -3.33. The van der Waals surface area contributed by atoms with Crippen molar-refractivity contribution in [1.29, 1.82) is 0 Å². The van der Waals surface area contributed by atoms with Gasteiger partial charge < -0.3 is 20.3 Å². The number of anilines is 2. The van der Waals surface area contributed by atoms with Crippen LogP contribution in [0.1, 0.15) is 35.7 Å². The zero-order chi connectivity index (χ0) is 25.0. The maximum Gasteiger partial charge on any atom is 0.420 e. The molecule has 1 aliphatic heterocycles. The summed E-state index contributed by atoms with van der Waals surface area (Å²) in [5, 5.41) is 6.13. The molecule has 1 saturated heterocycles. The van der Waals surface area contributed by atoms with E-state index in [-0.39, 0.29) is 29.4 Å². The lowest BCUT2D eigenvalue weighted by Gasteiger charge is -2.31.